The van der Waals surface area contributed by atoms with Crippen molar-refractivity contribution in [1.29, 1.82) is 0 Å². The number of fused-ring (bicyclic) bond motifs is 1. The lowest BCUT2D eigenvalue weighted by atomic mass is 10.0. The van der Waals surface area contributed by atoms with E-state index in [9.17, 15) is 0 Å². The number of furan rings is 1. The molecule has 2 aromatic heterocycles. The second-order valence-corrected chi connectivity index (χ2v) is 6.57. The van der Waals surface area contributed by atoms with Crippen molar-refractivity contribution >= 4 is 16.7 Å². The van der Waals surface area contributed by atoms with Crippen LogP contribution < -0.4 is 5.73 Å². The van der Waals surface area contributed by atoms with Crippen LogP contribution in [0.5, 0.6) is 0 Å². The first-order valence-corrected chi connectivity index (χ1v) is 8.54. The van der Waals surface area contributed by atoms with Gasteiger partial charge in [-0.25, -0.2) is 0 Å². The second kappa shape index (κ2) is 6.24. The van der Waals surface area contributed by atoms with Crippen molar-refractivity contribution in [3.63, 3.8) is 0 Å². The zero-order valence-corrected chi connectivity index (χ0v) is 13.9. The molecule has 1 aliphatic heterocycles. The van der Waals surface area contributed by atoms with Crippen LogP contribution in [0.3, 0.4) is 0 Å². The summed E-state index contributed by atoms with van der Waals surface area (Å²) in [6.45, 7) is 4.56. The van der Waals surface area contributed by atoms with Gasteiger partial charge in [0.2, 0.25) is 0 Å². The summed E-state index contributed by atoms with van der Waals surface area (Å²) < 4.78 is 6.17. The molecule has 0 bridgehead atoms. The number of para-hydroxylation sites is 1. The molecule has 3 heterocycles. The van der Waals surface area contributed by atoms with Gasteiger partial charge in [-0.15, -0.1) is 0 Å². The molecule has 1 fully saturated rings. The predicted octanol–water partition coefficient (Wildman–Crippen LogP) is 3.50. The average molecular weight is 322 g/mol. The van der Waals surface area contributed by atoms with Crippen LogP contribution in [0.15, 0.2) is 41.1 Å². The summed E-state index contributed by atoms with van der Waals surface area (Å²) in [4.78, 5) is 2.54. The van der Waals surface area contributed by atoms with Crippen LogP contribution in [0, 0.1) is 0 Å². The number of hydrogen-bond acceptors (Lipinski definition) is 5. The maximum Gasteiger partial charge on any atom is 0.142 e. The van der Waals surface area contributed by atoms with E-state index in [1.54, 1.807) is 12.4 Å². The molecule has 4 rings (SSSR count). The predicted molar refractivity (Wildman–Crippen MR) is 95.6 cm³/mol. The van der Waals surface area contributed by atoms with E-state index in [2.05, 4.69) is 34.2 Å². The molecule has 1 aliphatic rings. The quantitative estimate of drug-likeness (QED) is 0.796. The van der Waals surface area contributed by atoms with Crippen molar-refractivity contribution in [1.82, 2.24) is 15.1 Å². The molecular formula is C19H22N4O. The Kier molecular flexibility index (Phi) is 3.94. The summed E-state index contributed by atoms with van der Waals surface area (Å²) >= 11 is 0. The lowest BCUT2D eigenvalue weighted by Gasteiger charge is -2.19. The van der Waals surface area contributed by atoms with Crippen LogP contribution in [0.2, 0.25) is 0 Å². The van der Waals surface area contributed by atoms with Crippen LogP contribution in [-0.4, -0.2) is 34.2 Å². The molecule has 1 aromatic carbocycles. The molecule has 124 valence electrons. The Balaban J connectivity index is 1.64. The zero-order valence-electron chi connectivity index (χ0n) is 13.9. The molecule has 2 N–H and O–H groups in total. The molecule has 0 aliphatic carbocycles. The Bertz CT molecular complexity index is 857. The Morgan fingerprint density at radius 2 is 2.12 bits per heavy atom. The van der Waals surface area contributed by atoms with Crippen LogP contribution in [0.1, 0.15) is 25.5 Å². The number of aromatic nitrogens is 2. The number of likely N-dealkylation sites (tertiary alicyclic amines) is 1. The minimum absolute atomic E-state index is 0.612. The SMILES string of the molecule is C[C@@H]1CCCN1CCc1cc2cccc(-c3cnncc3N)c2o1. The van der Waals surface area contributed by atoms with Gasteiger partial charge in [0.05, 0.1) is 18.1 Å². The fourth-order valence-electron chi connectivity index (χ4n) is 3.59. The minimum atomic E-state index is 0.612. The third-order valence-electron chi connectivity index (χ3n) is 4.98. The molecule has 5 heteroatoms. The summed E-state index contributed by atoms with van der Waals surface area (Å²) in [7, 11) is 0. The molecule has 0 unspecified atom stereocenters. The van der Waals surface area contributed by atoms with Gasteiger partial charge in [0.25, 0.3) is 0 Å². The minimum Gasteiger partial charge on any atom is -0.460 e. The number of nitrogen functional groups attached to an aromatic ring is 1. The standard InChI is InChI=1S/C19H22N4O/c1-13-4-3-8-23(13)9-7-15-10-14-5-2-6-16(19(14)24-15)17-11-21-22-12-18(17)20/h2,5-6,10-13H,3-4,7-9H2,1H3,(H2,20,21)/t13-/m1/s1. The Morgan fingerprint density at radius 1 is 1.25 bits per heavy atom. The van der Waals surface area contributed by atoms with Crippen molar-refractivity contribution in [2.24, 2.45) is 0 Å². The van der Waals surface area contributed by atoms with Gasteiger partial charge in [-0.05, 0) is 32.4 Å². The number of benzene rings is 1. The van der Waals surface area contributed by atoms with E-state index in [-0.39, 0.29) is 0 Å². The van der Waals surface area contributed by atoms with Crippen molar-refractivity contribution in [2.45, 2.75) is 32.2 Å². The fourth-order valence-corrected chi connectivity index (χ4v) is 3.59. The summed E-state index contributed by atoms with van der Waals surface area (Å²) in [5.74, 6) is 1.03. The smallest absolute Gasteiger partial charge is 0.142 e. The van der Waals surface area contributed by atoms with Gasteiger partial charge < -0.3 is 15.1 Å². The molecule has 1 saturated heterocycles. The molecular weight excluding hydrogens is 300 g/mol. The highest BCUT2D eigenvalue weighted by atomic mass is 16.3. The van der Waals surface area contributed by atoms with E-state index >= 15 is 0 Å². The lowest BCUT2D eigenvalue weighted by Crippen LogP contribution is -2.28. The van der Waals surface area contributed by atoms with Gasteiger partial charge in [0.15, 0.2) is 0 Å². The highest BCUT2D eigenvalue weighted by Crippen LogP contribution is 2.33. The maximum absolute atomic E-state index is 6.17. The van der Waals surface area contributed by atoms with Gasteiger partial charge in [0.1, 0.15) is 11.3 Å². The number of rotatable bonds is 4. The molecule has 0 saturated carbocycles. The third kappa shape index (κ3) is 2.76. The van der Waals surface area contributed by atoms with Gasteiger partial charge >= 0.3 is 0 Å². The summed E-state index contributed by atoms with van der Waals surface area (Å²) in [5.41, 5.74) is 9.38. The monoisotopic (exact) mass is 322 g/mol. The largest absolute Gasteiger partial charge is 0.460 e. The molecule has 24 heavy (non-hydrogen) atoms. The van der Waals surface area contributed by atoms with E-state index in [1.807, 2.05) is 12.1 Å². The molecule has 5 nitrogen and oxygen atoms in total. The lowest BCUT2D eigenvalue weighted by molar-refractivity contribution is 0.266. The number of nitrogens with zero attached hydrogens (tertiary/aromatic N) is 3. The average Bonchev–Trinajstić information content (AvgIpc) is 3.18. The summed E-state index contributed by atoms with van der Waals surface area (Å²) in [5, 5.41) is 8.88. The van der Waals surface area contributed by atoms with E-state index in [0.717, 1.165) is 40.8 Å². The van der Waals surface area contributed by atoms with Gasteiger partial charge in [-0.1, -0.05) is 18.2 Å². The van der Waals surface area contributed by atoms with Gasteiger partial charge in [-0.3, -0.25) is 0 Å². The van der Waals surface area contributed by atoms with E-state index in [4.69, 9.17) is 10.2 Å². The first-order valence-electron chi connectivity index (χ1n) is 8.54. The van der Waals surface area contributed by atoms with Gasteiger partial charge in [0, 0.05) is 35.5 Å². The fraction of sp³-hybridized carbons (Fsp3) is 0.368. The van der Waals surface area contributed by atoms with E-state index < -0.39 is 0 Å². The van der Waals surface area contributed by atoms with E-state index in [1.165, 1.54) is 19.4 Å². The topological polar surface area (TPSA) is 68.2 Å². The second-order valence-electron chi connectivity index (χ2n) is 6.57. The summed E-state index contributed by atoms with van der Waals surface area (Å²) in [6, 6.07) is 8.96. The van der Waals surface area contributed by atoms with Crippen LogP contribution >= 0.6 is 0 Å². The third-order valence-corrected chi connectivity index (χ3v) is 4.98. The van der Waals surface area contributed by atoms with Gasteiger partial charge in [-0.2, -0.15) is 10.2 Å². The highest BCUT2D eigenvalue weighted by molar-refractivity contribution is 5.95. The molecule has 0 spiro atoms. The Labute approximate surface area is 141 Å². The van der Waals surface area contributed by atoms with Crippen molar-refractivity contribution in [3.05, 3.63) is 42.4 Å². The Hall–Kier alpha value is -2.40. The molecule has 3 aromatic rings. The Morgan fingerprint density at radius 3 is 2.92 bits per heavy atom. The highest BCUT2D eigenvalue weighted by Gasteiger charge is 2.20. The van der Waals surface area contributed by atoms with Crippen molar-refractivity contribution < 1.29 is 4.42 Å². The van der Waals surface area contributed by atoms with Crippen LogP contribution in [0.25, 0.3) is 22.1 Å². The first-order chi connectivity index (χ1) is 11.7. The van der Waals surface area contributed by atoms with Crippen LogP contribution in [0.4, 0.5) is 5.69 Å². The normalized spacial score (nSPS) is 18.5. The van der Waals surface area contributed by atoms with Crippen LogP contribution in [-0.2, 0) is 6.42 Å². The number of nitrogens with two attached hydrogens (primary N) is 1. The van der Waals surface area contributed by atoms with Crippen molar-refractivity contribution in [3.8, 4) is 11.1 Å². The van der Waals surface area contributed by atoms with Crippen molar-refractivity contribution in [2.75, 3.05) is 18.8 Å². The zero-order chi connectivity index (χ0) is 16.5. The first kappa shape index (κ1) is 15.1. The van der Waals surface area contributed by atoms with E-state index in [0.29, 0.717) is 11.7 Å². The summed E-state index contributed by atoms with van der Waals surface area (Å²) in [6.07, 6.45) is 6.81. The molecule has 0 radical (unpaired) electrons. The number of anilines is 1. The molecule has 1 atom stereocenters. The number of hydrogen-bond donors (Lipinski definition) is 1. The maximum atomic E-state index is 6.17. The molecule has 0 amide bonds.